The van der Waals surface area contributed by atoms with Gasteiger partial charge in [0.2, 0.25) is 11.8 Å². The number of methoxy groups -OCH3 is 1. The van der Waals surface area contributed by atoms with E-state index in [1.165, 1.54) is 20.0 Å². The Morgan fingerprint density at radius 2 is 2.08 bits per heavy atom. The number of ether oxygens (including phenoxy) is 1. The Balaban J connectivity index is 1.75. The number of hydrogen-bond donors (Lipinski definition) is 0. The van der Waals surface area contributed by atoms with Gasteiger partial charge in [0.15, 0.2) is 0 Å². The van der Waals surface area contributed by atoms with E-state index in [2.05, 4.69) is 15.1 Å². The molecular formula is C17H20ClN3O3. The molecule has 0 amide bonds. The fourth-order valence-corrected chi connectivity index (χ4v) is 3.27. The topological polar surface area (TPSA) is 68.5 Å². The molecular weight excluding hydrogens is 330 g/mol. The molecule has 1 fully saturated rings. The summed E-state index contributed by atoms with van der Waals surface area (Å²) in [5, 5.41) is 8.76. The predicted molar refractivity (Wildman–Crippen MR) is 89.4 cm³/mol. The first-order chi connectivity index (χ1) is 11.7. The molecule has 1 saturated carbocycles. The third-order valence-corrected chi connectivity index (χ3v) is 4.64. The number of benzene rings is 1. The molecule has 0 spiro atoms. The van der Waals surface area contributed by atoms with E-state index in [1.54, 1.807) is 6.07 Å². The number of aromatic nitrogens is 2. The second kappa shape index (κ2) is 7.77. The van der Waals surface area contributed by atoms with Gasteiger partial charge in [-0.15, -0.1) is 10.2 Å². The van der Waals surface area contributed by atoms with E-state index in [0.29, 0.717) is 35.0 Å². The summed E-state index contributed by atoms with van der Waals surface area (Å²) >= 11 is 6.17. The van der Waals surface area contributed by atoms with Crippen LogP contribution in [0.25, 0.3) is 11.5 Å². The van der Waals surface area contributed by atoms with Crippen LogP contribution in [0.15, 0.2) is 28.7 Å². The van der Waals surface area contributed by atoms with E-state index in [9.17, 15) is 4.79 Å². The lowest BCUT2D eigenvalue weighted by atomic mass is 10.2. The highest BCUT2D eigenvalue weighted by atomic mass is 35.5. The fraction of sp³-hybridized carbons (Fsp3) is 0.471. The van der Waals surface area contributed by atoms with Gasteiger partial charge in [0.25, 0.3) is 0 Å². The van der Waals surface area contributed by atoms with Gasteiger partial charge in [-0.3, -0.25) is 9.69 Å². The third-order valence-electron chi connectivity index (χ3n) is 4.31. The molecule has 2 aromatic rings. The average Bonchev–Trinajstić information content (AvgIpc) is 3.26. The smallest absolute Gasteiger partial charge is 0.319 e. The van der Waals surface area contributed by atoms with Crippen LogP contribution in [0.4, 0.5) is 0 Å². The molecule has 3 rings (SSSR count). The van der Waals surface area contributed by atoms with Crippen molar-refractivity contribution in [1.29, 1.82) is 0 Å². The Morgan fingerprint density at radius 3 is 2.79 bits per heavy atom. The summed E-state index contributed by atoms with van der Waals surface area (Å²) in [6.45, 7) is 0.655. The van der Waals surface area contributed by atoms with Gasteiger partial charge in [-0.25, -0.2) is 0 Å². The van der Waals surface area contributed by atoms with Crippen molar-refractivity contribution < 1.29 is 13.9 Å². The average molecular weight is 350 g/mol. The van der Waals surface area contributed by atoms with Crippen LogP contribution in [0.2, 0.25) is 5.02 Å². The van der Waals surface area contributed by atoms with Crippen molar-refractivity contribution >= 4 is 17.6 Å². The van der Waals surface area contributed by atoms with Crippen LogP contribution in [0, 0.1) is 0 Å². The zero-order valence-corrected chi connectivity index (χ0v) is 14.3. The lowest BCUT2D eigenvalue weighted by Gasteiger charge is -2.25. The van der Waals surface area contributed by atoms with Gasteiger partial charge >= 0.3 is 5.97 Å². The van der Waals surface area contributed by atoms with Crippen molar-refractivity contribution in [3.8, 4) is 11.5 Å². The molecule has 0 unspecified atom stereocenters. The number of esters is 1. The van der Waals surface area contributed by atoms with Gasteiger partial charge in [0.05, 0.1) is 30.8 Å². The quantitative estimate of drug-likeness (QED) is 0.745. The van der Waals surface area contributed by atoms with Gasteiger partial charge in [-0.2, -0.15) is 0 Å². The summed E-state index contributed by atoms with van der Waals surface area (Å²) in [5.41, 5.74) is 0.707. The van der Waals surface area contributed by atoms with Crippen molar-refractivity contribution in [2.75, 3.05) is 13.7 Å². The molecule has 1 aliphatic rings. The maximum absolute atomic E-state index is 11.7. The SMILES string of the molecule is COC(=O)CN(Cc1nnc(-c2ccccc2Cl)o1)C1CCCC1. The lowest BCUT2D eigenvalue weighted by Crippen LogP contribution is -2.37. The number of halogens is 1. The normalized spacial score (nSPS) is 15.1. The van der Waals surface area contributed by atoms with Crippen LogP contribution in [0.3, 0.4) is 0 Å². The molecule has 6 nitrogen and oxygen atoms in total. The summed E-state index contributed by atoms with van der Waals surface area (Å²) in [6.07, 6.45) is 4.50. The summed E-state index contributed by atoms with van der Waals surface area (Å²) < 4.78 is 10.6. The van der Waals surface area contributed by atoms with Crippen molar-refractivity contribution in [3.63, 3.8) is 0 Å². The number of rotatable bonds is 6. The van der Waals surface area contributed by atoms with E-state index in [-0.39, 0.29) is 12.5 Å². The summed E-state index contributed by atoms with van der Waals surface area (Å²) in [7, 11) is 1.40. The summed E-state index contributed by atoms with van der Waals surface area (Å²) in [6, 6.07) is 7.68. The molecule has 1 aliphatic carbocycles. The minimum atomic E-state index is -0.257. The second-order valence-electron chi connectivity index (χ2n) is 5.90. The van der Waals surface area contributed by atoms with Gasteiger partial charge in [0.1, 0.15) is 0 Å². The highest BCUT2D eigenvalue weighted by Crippen LogP contribution is 2.28. The number of carbonyl (C=O) groups excluding carboxylic acids is 1. The van der Waals surface area contributed by atoms with Crippen LogP contribution in [0.1, 0.15) is 31.6 Å². The van der Waals surface area contributed by atoms with Crippen LogP contribution in [0.5, 0.6) is 0 Å². The van der Waals surface area contributed by atoms with Crippen molar-refractivity contribution in [1.82, 2.24) is 15.1 Å². The molecule has 1 aromatic heterocycles. The zero-order valence-electron chi connectivity index (χ0n) is 13.6. The second-order valence-corrected chi connectivity index (χ2v) is 6.31. The van der Waals surface area contributed by atoms with Gasteiger partial charge in [0, 0.05) is 6.04 Å². The highest BCUT2D eigenvalue weighted by Gasteiger charge is 2.26. The van der Waals surface area contributed by atoms with E-state index in [0.717, 1.165) is 12.8 Å². The highest BCUT2D eigenvalue weighted by molar-refractivity contribution is 6.33. The molecule has 0 saturated heterocycles. The van der Waals surface area contributed by atoms with E-state index >= 15 is 0 Å². The van der Waals surface area contributed by atoms with E-state index in [4.69, 9.17) is 20.8 Å². The Morgan fingerprint density at radius 1 is 1.33 bits per heavy atom. The molecule has 128 valence electrons. The van der Waals surface area contributed by atoms with Crippen LogP contribution < -0.4 is 0 Å². The Kier molecular flexibility index (Phi) is 5.48. The molecule has 0 aliphatic heterocycles. The maximum Gasteiger partial charge on any atom is 0.319 e. The molecule has 1 heterocycles. The van der Waals surface area contributed by atoms with E-state index in [1.807, 2.05) is 18.2 Å². The van der Waals surface area contributed by atoms with Gasteiger partial charge in [-0.05, 0) is 25.0 Å². The fourth-order valence-electron chi connectivity index (χ4n) is 3.05. The largest absolute Gasteiger partial charge is 0.468 e. The molecule has 24 heavy (non-hydrogen) atoms. The van der Waals surface area contributed by atoms with E-state index < -0.39 is 0 Å². The number of hydrogen-bond acceptors (Lipinski definition) is 6. The Labute approximate surface area is 145 Å². The molecule has 0 bridgehead atoms. The molecule has 7 heteroatoms. The van der Waals surface area contributed by atoms with Crippen LogP contribution >= 0.6 is 11.6 Å². The monoisotopic (exact) mass is 349 g/mol. The molecule has 1 aromatic carbocycles. The summed E-state index contributed by atoms with van der Waals surface area (Å²) in [5.74, 6) is 0.605. The first-order valence-electron chi connectivity index (χ1n) is 8.05. The molecule has 0 radical (unpaired) electrons. The first kappa shape index (κ1) is 16.9. The van der Waals surface area contributed by atoms with Gasteiger partial charge in [-0.1, -0.05) is 36.6 Å². The van der Waals surface area contributed by atoms with Crippen molar-refractivity contribution in [3.05, 3.63) is 35.2 Å². The lowest BCUT2D eigenvalue weighted by molar-refractivity contribution is -0.142. The Bertz CT molecular complexity index is 698. The third kappa shape index (κ3) is 3.94. The Hall–Kier alpha value is -1.92. The zero-order chi connectivity index (χ0) is 16.9. The maximum atomic E-state index is 11.7. The van der Waals surface area contributed by atoms with Crippen molar-refractivity contribution in [2.45, 2.75) is 38.3 Å². The van der Waals surface area contributed by atoms with Crippen molar-refractivity contribution in [2.24, 2.45) is 0 Å². The number of nitrogens with zero attached hydrogens (tertiary/aromatic N) is 3. The summed E-state index contributed by atoms with van der Waals surface area (Å²) in [4.78, 5) is 13.8. The first-order valence-corrected chi connectivity index (χ1v) is 8.43. The number of carbonyl (C=O) groups is 1. The molecule has 0 atom stereocenters. The predicted octanol–water partition coefficient (Wildman–Crippen LogP) is 3.31. The van der Waals surface area contributed by atoms with Gasteiger partial charge < -0.3 is 9.15 Å². The van der Waals surface area contributed by atoms with Crippen LogP contribution in [-0.4, -0.2) is 40.8 Å². The standard InChI is InChI=1S/C17H20ClN3O3/c1-23-16(22)11-21(12-6-2-3-7-12)10-15-19-20-17(24-15)13-8-4-5-9-14(13)18/h4-5,8-9,12H,2-3,6-7,10-11H2,1H3. The minimum absolute atomic E-state index is 0.227. The van der Waals surface area contributed by atoms with Crippen LogP contribution in [-0.2, 0) is 16.1 Å². The molecule has 0 N–H and O–H groups in total. The minimum Gasteiger partial charge on any atom is -0.468 e.